The maximum atomic E-state index is 12.5. The molecule has 0 bridgehead atoms. The maximum Gasteiger partial charge on any atom is 0.336 e. The van der Waals surface area contributed by atoms with E-state index in [1.165, 1.54) is 62.4 Å². The number of phenols is 2. The third-order valence-corrected chi connectivity index (χ3v) is 9.09. The number of aromatic hydroxyl groups is 2. The molecule has 0 atom stereocenters. The number of hydrogen-bond acceptors (Lipinski definition) is 10. The second-order valence-electron chi connectivity index (χ2n) is 13.8. The Morgan fingerprint density at radius 2 is 0.807 bits per heavy atom. The topological polar surface area (TPSA) is 255 Å². The number of rotatable bonds is 27. The number of nitrogens with zero attached hydrogens (tertiary/aromatic N) is 2. The normalized spacial score (nSPS) is 10.9. The first-order chi connectivity index (χ1) is 27.1. The maximum absolute atomic E-state index is 12.5. The average molecular weight is 799 g/mol. The fourth-order valence-electron chi connectivity index (χ4n) is 5.72. The first-order valence-electron chi connectivity index (χ1n) is 19.3. The van der Waals surface area contributed by atoms with Crippen molar-refractivity contribution < 1.29 is 54.0 Å². The van der Waals surface area contributed by atoms with Crippen LogP contribution in [0.4, 0.5) is 0 Å². The van der Waals surface area contributed by atoms with Crippen LogP contribution >= 0.6 is 0 Å². The highest BCUT2D eigenvalue weighted by Crippen LogP contribution is 2.17. The van der Waals surface area contributed by atoms with Gasteiger partial charge in [-0.2, -0.15) is 0 Å². The third-order valence-electron chi connectivity index (χ3n) is 9.09. The molecule has 0 aliphatic carbocycles. The number of aliphatic carboxylic acids is 1. The summed E-state index contributed by atoms with van der Waals surface area (Å²) in [4.78, 5) is 88.7. The Balaban J connectivity index is 1.60. The van der Waals surface area contributed by atoms with Crippen molar-refractivity contribution >= 4 is 41.4 Å². The number of nitrogens with one attached hydrogen (secondary N) is 4. The molecule has 0 fully saturated rings. The molecule has 0 aromatic heterocycles. The molecule has 57 heavy (non-hydrogen) atoms. The second-order valence-corrected chi connectivity index (χ2v) is 13.8. The molecule has 17 heteroatoms. The smallest absolute Gasteiger partial charge is 0.336 e. The Bertz CT molecular complexity index is 1510. The van der Waals surface area contributed by atoms with E-state index in [1.54, 1.807) is 9.80 Å². The summed E-state index contributed by atoms with van der Waals surface area (Å²) in [7, 11) is 0. The lowest BCUT2D eigenvalue weighted by Gasteiger charge is -2.23. The minimum absolute atomic E-state index is 0.0706. The van der Waals surface area contributed by atoms with E-state index in [2.05, 4.69) is 21.3 Å². The van der Waals surface area contributed by atoms with E-state index in [-0.39, 0.29) is 48.2 Å². The van der Waals surface area contributed by atoms with Crippen LogP contribution in [0.5, 0.6) is 11.5 Å². The van der Waals surface area contributed by atoms with E-state index in [1.807, 2.05) is 0 Å². The Labute approximate surface area is 333 Å². The summed E-state index contributed by atoms with van der Waals surface area (Å²) < 4.78 is 0. The highest BCUT2D eigenvalue weighted by Gasteiger charge is 2.40. The van der Waals surface area contributed by atoms with Crippen molar-refractivity contribution in [3.05, 3.63) is 59.7 Å². The van der Waals surface area contributed by atoms with Crippen molar-refractivity contribution in [1.29, 1.82) is 0 Å². The predicted molar refractivity (Wildman–Crippen MR) is 210 cm³/mol. The standard InChI is InChI=1S/C40H58N6O11/c1-29(47)45(25-9-5-21-43-37(53)31-11-15-33(49)16-12-31)23-7-3-19-41-35(51)27-40(57,39(55)56)28-36(52)42-20-4-8-24-46(30(2)48)26-10-6-22-44-38(54)32-13-17-34(50)18-14-32/h11-18,49-50,57H,3-10,19-28H2,1-2H3,(H,41,51)(H,42,52)(H,43,53)(H,44,54)(H,55,56). The van der Waals surface area contributed by atoms with Gasteiger partial charge in [0.1, 0.15) is 11.5 Å². The van der Waals surface area contributed by atoms with Gasteiger partial charge in [0.25, 0.3) is 11.8 Å². The molecule has 8 N–H and O–H groups in total. The van der Waals surface area contributed by atoms with Crippen LogP contribution in [-0.4, -0.2) is 130 Å². The third kappa shape index (κ3) is 19.1. The monoisotopic (exact) mass is 798 g/mol. The summed E-state index contributed by atoms with van der Waals surface area (Å²) in [5, 5.41) is 49.7. The minimum Gasteiger partial charge on any atom is -0.508 e. The first-order valence-corrected chi connectivity index (χ1v) is 19.3. The lowest BCUT2D eigenvalue weighted by atomic mass is 9.94. The fraction of sp³-hybridized carbons (Fsp3) is 0.525. The number of phenolic OH excluding ortho intramolecular Hbond substituents is 2. The zero-order chi connectivity index (χ0) is 42.2. The van der Waals surface area contributed by atoms with Crippen LogP contribution in [0.2, 0.25) is 0 Å². The molecule has 6 amide bonds. The Hall–Kier alpha value is -5.71. The van der Waals surface area contributed by atoms with Crippen LogP contribution in [0.3, 0.4) is 0 Å². The number of carboxylic acids is 1. The quantitative estimate of drug-likeness (QED) is 0.0606. The molecule has 0 spiro atoms. The number of unbranched alkanes of at least 4 members (excludes halogenated alkanes) is 4. The molecule has 2 aromatic carbocycles. The number of carbonyl (C=O) groups excluding carboxylic acids is 6. The molecular weight excluding hydrogens is 740 g/mol. The molecule has 0 unspecified atom stereocenters. The van der Waals surface area contributed by atoms with Crippen molar-refractivity contribution in [2.24, 2.45) is 0 Å². The van der Waals surface area contributed by atoms with Gasteiger partial charge in [-0.3, -0.25) is 28.8 Å². The Morgan fingerprint density at radius 3 is 1.09 bits per heavy atom. The van der Waals surface area contributed by atoms with Gasteiger partial charge < -0.3 is 51.5 Å². The Kier molecular flexibility index (Phi) is 21.2. The Morgan fingerprint density at radius 1 is 0.509 bits per heavy atom. The zero-order valence-corrected chi connectivity index (χ0v) is 32.9. The van der Waals surface area contributed by atoms with Gasteiger partial charge in [0.2, 0.25) is 23.6 Å². The van der Waals surface area contributed by atoms with Crippen molar-refractivity contribution in [2.45, 2.75) is 83.7 Å². The number of aliphatic hydroxyl groups is 1. The SMILES string of the molecule is CC(=O)N(CCCCNC(=O)CC(O)(CC(=O)NCCCCN(CCCCNC(=O)c1ccc(O)cc1)C(C)=O)C(=O)O)CCCCNC(=O)c1ccc(O)cc1. The van der Waals surface area contributed by atoms with Gasteiger partial charge >= 0.3 is 5.97 Å². The van der Waals surface area contributed by atoms with Gasteiger partial charge in [-0.1, -0.05) is 0 Å². The molecule has 2 aromatic rings. The number of amides is 6. The van der Waals surface area contributed by atoms with E-state index in [9.17, 15) is 54.0 Å². The van der Waals surface area contributed by atoms with Gasteiger partial charge in [-0.15, -0.1) is 0 Å². The van der Waals surface area contributed by atoms with Gasteiger partial charge in [0.05, 0.1) is 12.8 Å². The van der Waals surface area contributed by atoms with Crippen LogP contribution in [0.25, 0.3) is 0 Å². The number of hydrogen-bond donors (Lipinski definition) is 8. The summed E-state index contributed by atoms with van der Waals surface area (Å²) in [5.74, 6) is -3.80. The van der Waals surface area contributed by atoms with E-state index in [0.717, 1.165) is 0 Å². The fourth-order valence-corrected chi connectivity index (χ4v) is 5.72. The predicted octanol–water partition coefficient (Wildman–Crippen LogP) is 1.90. The molecule has 314 valence electrons. The van der Waals surface area contributed by atoms with Crippen molar-refractivity contribution in [2.75, 3.05) is 52.4 Å². The molecule has 17 nitrogen and oxygen atoms in total. The first kappa shape index (κ1) is 47.4. The van der Waals surface area contributed by atoms with E-state index >= 15 is 0 Å². The second kappa shape index (κ2) is 25.4. The van der Waals surface area contributed by atoms with E-state index in [4.69, 9.17) is 0 Å². The summed E-state index contributed by atoms with van der Waals surface area (Å²) in [5.41, 5.74) is -1.75. The van der Waals surface area contributed by atoms with Gasteiger partial charge in [-0.05, 0) is 99.9 Å². The summed E-state index contributed by atoms with van der Waals surface area (Å²) in [6.07, 6.45) is 3.00. The van der Waals surface area contributed by atoms with Gasteiger partial charge in [0, 0.05) is 77.3 Å². The van der Waals surface area contributed by atoms with Gasteiger partial charge in [0.15, 0.2) is 5.60 Å². The average Bonchev–Trinajstić information content (AvgIpc) is 3.15. The largest absolute Gasteiger partial charge is 0.508 e. The van der Waals surface area contributed by atoms with Crippen LogP contribution in [0.1, 0.15) is 98.8 Å². The lowest BCUT2D eigenvalue weighted by molar-refractivity contribution is -0.164. The van der Waals surface area contributed by atoms with Crippen LogP contribution in [0.15, 0.2) is 48.5 Å². The van der Waals surface area contributed by atoms with Crippen molar-refractivity contribution in [3.8, 4) is 11.5 Å². The number of carbonyl (C=O) groups is 7. The summed E-state index contributed by atoms with van der Waals surface area (Å²) in [6, 6.07) is 11.8. The molecule has 0 radical (unpaired) electrons. The highest BCUT2D eigenvalue weighted by molar-refractivity contribution is 5.95. The van der Waals surface area contributed by atoms with Crippen molar-refractivity contribution in [3.63, 3.8) is 0 Å². The highest BCUT2D eigenvalue weighted by atomic mass is 16.4. The molecule has 0 saturated carbocycles. The zero-order valence-electron chi connectivity index (χ0n) is 32.9. The van der Waals surface area contributed by atoms with Crippen molar-refractivity contribution in [1.82, 2.24) is 31.1 Å². The number of benzene rings is 2. The van der Waals surface area contributed by atoms with Gasteiger partial charge in [-0.25, -0.2) is 4.79 Å². The molecule has 0 aliphatic heterocycles. The van der Waals surface area contributed by atoms with E-state index < -0.39 is 36.2 Å². The molecule has 0 aliphatic rings. The molecule has 0 heterocycles. The van der Waals surface area contributed by atoms with Crippen LogP contribution in [-0.2, 0) is 24.0 Å². The lowest BCUT2D eigenvalue weighted by Crippen LogP contribution is -2.47. The molecular formula is C40H58N6O11. The molecule has 0 saturated heterocycles. The number of carboxylic acid groups (broad SMARTS) is 1. The summed E-state index contributed by atoms with van der Waals surface area (Å²) in [6.45, 7) is 5.92. The molecule has 2 rings (SSSR count). The van der Waals surface area contributed by atoms with E-state index in [0.29, 0.717) is 102 Å². The van der Waals surface area contributed by atoms with Crippen LogP contribution < -0.4 is 21.3 Å². The summed E-state index contributed by atoms with van der Waals surface area (Å²) >= 11 is 0. The van der Waals surface area contributed by atoms with Crippen LogP contribution in [0, 0.1) is 0 Å². The minimum atomic E-state index is -2.61.